The van der Waals surface area contributed by atoms with Gasteiger partial charge in [-0.15, -0.1) is 0 Å². The predicted molar refractivity (Wildman–Crippen MR) is 235 cm³/mol. The van der Waals surface area contributed by atoms with E-state index < -0.39 is 21.1 Å². The zero-order chi connectivity index (χ0) is 42.1. The second-order valence-corrected chi connectivity index (χ2v) is 19.0. The number of nitrogens with zero attached hydrogens (tertiary/aromatic N) is 7. The topological polar surface area (TPSA) is 146 Å². The number of hydrogen-bond acceptors (Lipinski definition) is 10. The molecule has 1 saturated carbocycles. The van der Waals surface area contributed by atoms with Gasteiger partial charge in [0.2, 0.25) is 21.8 Å². The molecule has 3 saturated heterocycles. The highest BCUT2D eigenvalue weighted by Gasteiger charge is 2.32. The van der Waals surface area contributed by atoms with E-state index in [1.54, 1.807) is 41.6 Å². The van der Waals surface area contributed by atoms with Gasteiger partial charge in [0.25, 0.3) is 0 Å². The average Bonchev–Trinajstić information content (AvgIpc) is 3.99. The number of carbonyl (C=O) groups is 2. The van der Waals surface area contributed by atoms with Crippen molar-refractivity contribution in [3.05, 3.63) is 102 Å². The molecule has 318 valence electrons. The summed E-state index contributed by atoms with van der Waals surface area (Å²) >= 11 is 6.52. The summed E-state index contributed by atoms with van der Waals surface area (Å²) < 4.78 is 46.9. The number of anilines is 3. The van der Waals surface area contributed by atoms with E-state index in [4.69, 9.17) is 21.7 Å². The van der Waals surface area contributed by atoms with Gasteiger partial charge in [0.15, 0.2) is 5.82 Å². The SMILES string of the molecule is O=C1CC[C@H](c2ccc(N3CCC(CN4CCN(c5ccc(-n6cc(-c7cc(Cl)cc(NS(=O)(=O)C8CCCC8)c7F)c(-c7ccncc7)n6)cc5)CC4)CC3)nc2)C(=O)N1. The van der Waals surface area contributed by atoms with Crippen molar-refractivity contribution >= 4 is 50.6 Å². The largest absolute Gasteiger partial charge is 0.369 e. The summed E-state index contributed by atoms with van der Waals surface area (Å²) in [4.78, 5) is 40.0. The Labute approximate surface area is 360 Å². The van der Waals surface area contributed by atoms with Gasteiger partial charge in [0.1, 0.15) is 11.5 Å². The third-order valence-corrected chi connectivity index (χ3v) is 14.8. The maximum absolute atomic E-state index is 16.4. The number of sulfonamides is 1. The van der Waals surface area contributed by atoms with Crippen LogP contribution in [0.1, 0.15) is 62.8 Å². The predicted octanol–water partition coefficient (Wildman–Crippen LogP) is 7.03. The van der Waals surface area contributed by atoms with Gasteiger partial charge >= 0.3 is 0 Å². The third-order valence-electron chi connectivity index (χ3n) is 12.7. The maximum atomic E-state index is 16.4. The molecular formula is C45H49ClFN9O4S. The molecule has 0 spiro atoms. The molecule has 61 heavy (non-hydrogen) atoms. The molecule has 6 heterocycles. The number of halogens is 2. The van der Waals surface area contributed by atoms with E-state index in [1.807, 2.05) is 24.3 Å². The van der Waals surface area contributed by atoms with E-state index in [-0.39, 0.29) is 34.0 Å². The van der Waals surface area contributed by atoms with Crippen LogP contribution in [0.5, 0.6) is 0 Å². The number of carbonyl (C=O) groups excluding carboxylic acids is 2. The molecule has 3 aromatic heterocycles. The Morgan fingerprint density at radius 1 is 0.820 bits per heavy atom. The molecule has 0 radical (unpaired) electrons. The number of nitrogens with one attached hydrogen (secondary N) is 2. The molecule has 2 aromatic carbocycles. The summed E-state index contributed by atoms with van der Waals surface area (Å²) in [5.74, 6) is 0.0694. The minimum atomic E-state index is -3.79. The van der Waals surface area contributed by atoms with Crippen molar-refractivity contribution in [2.24, 2.45) is 5.92 Å². The fourth-order valence-electron chi connectivity index (χ4n) is 9.24. The van der Waals surface area contributed by atoms with E-state index in [1.165, 1.54) is 12.1 Å². The number of hydrogen-bond donors (Lipinski definition) is 2. The Bertz CT molecular complexity index is 2480. The fourth-order valence-corrected chi connectivity index (χ4v) is 11.0. The second-order valence-electron chi connectivity index (χ2n) is 16.6. The minimum absolute atomic E-state index is 0.144. The Balaban J connectivity index is 0.824. The Morgan fingerprint density at radius 3 is 2.23 bits per heavy atom. The lowest BCUT2D eigenvalue weighted by Crippen LogP contribution is -2.49. The van der Waals surface area contributed by atoms with Crippen molar-refractivity contribution in [3.63, 3.8) is 0 Å². The zero-order valence-corrected chi connectivity index (χ0v) is 35.4. The standard InChI is InChI=1S/C45H49ClFN9O4S/c46-33-25-38(43(47)40(26-33)52-61(59,60)36-3-1-2-4-36)39-29-56(51-44(39)31-13-17-48-18-14-31)35-8-6-34(7-9-35)54-23-21-53(22-24-54)28-30-15-19-55(20-16-30)41-11-5-32(27-49-41)37-10-12-42(57)50-45(37)58/h5-9,11,13-14,17-18,25-27,29-30,36-37,52H,1-4,10,12,15-16,19-24,28H2,(H,50,57,58)/t37-/m1/s1. The Morgan fingerprint density at radius 2 is 1.54 bits per heavy atom. The first-order valence-corrected chi connectivity index (χ1v) is 23.1. The van der Waals surface area contributed by atoms with Crippen molar-refractivity contribution in [2.75, 3.05) is 60.3 Å². The Hall–Kier alpha value is -5.38. The molecule has 2 amide bonds. The summed E-state index contributed by atoms with van der Waals surface area (Å²) in [6, 6.07) is 18.6. The van der Waals surface area contributed by atoms with Crippen LogP contribution in [0, 0.1) is 11.7 Å². The maximum Gasteiger partial charge on any atom is 0.235 e. The van der Waals surface area contributed by atoms with Gasteiger partial charge in [-0.1, -0.05) is 30.5 Å². The summed E-state index contributed by atoms with van der Waals surface area (Å²) in [6.45, 7) is 6.76. The molecule has 0 unspecified atom stereocenters. The Kier molecular flexibility index (Phi) is 11.8. The minimum Gasteiger partial charge on any atom is -0.369 e. The number of imide groups is 1. The third kappa shape index (κ3) is 9.00. The number of aromatic nitrogens is 4. The summed E-state index contributed by atoms with van der Waals surface area (Å²) in [5, 5.41) is 6.99. The van der Waals surface area contributed by atoms with Gasteiger partial charge in [-0.25, -0.2) is 22.5 Å². The highest BCUT2D eigenvalue weighted by molar-refractivity contribution is 7.93. The van der Waals surface area contributed by atoms with Crippen molar-refractivity contribution in [1.82, 2.24) is 30.0 Å². The molecule has 0 bridgehead atoms. The van der Waals surface area contributed by atoms with Gasteiger partial charge in [-0.2, -0.15) is 5.10 Å². The quantitative estimate of drug-likeness (QED) is 0.133. The number of pyridine rings is 2. The van der Waals surface area contributed by atoms with Crippen LogP contribution in [0.2, 0.25) is 5.02 Å². The first-order chi connectivity index (χ1) is 29.6. The van der Waals surface area contributed by atoms with Crippen LogP contribution in [-0.4, -0.2) is 95.9 Å². The molecule has 1 atom stereocenters. The van der Waals surface area contributed by atoms with Crippen molar-refractivity contribution in [1.29, 1.82) is 0 Å². The van der Waals surface area contributed by atoms with Crippen LogP contribution in [0.25, 0.3) is 28.1 Å². The van der Waals surface area contributed by atoms with E-state index >= 15 is 4.39 Å². The lowest BCUT2D eigenvalue weighted by Gasteiger charge is -2.40. The van der Waals surface area contributed by atoms with Crippen LogP contribution in [0.3, 0.4) is 0 Å². The van der Waals surface area contributed by atoms with Crippen LogP contribution < -0.4 is 19.8 Å². The molecule has 1 aliphatic carbocycles. The van der Waals surface area contributed by atoms with Gasteiger partial charge in [0, 0.05) is 104 Å². The average molecular weight is 866 g/mol. The number of amides is 2. The monoisotopic (exact) mass is 865 g/mol. The summed E-state index contributed by atoms with van der Waals surface area (Å²) in [7, 11) is -3.79. The lowest BCUT2D eigenvalue weighted by atomic mass is 9.91. The highest BCUT2D eigenvalue weighted by atomic mass is 35.5. The smallest absolute Gasteiger partial charge is 0.235 e. The number of benzene rings is 2. The molecule has 9 rings (SSSR count). The van der Waals surface area contributed by atoms with Crippen LogP contribution >= 0.6 is 11.6 Å². The van der Waals surface area contributed by atoms with Gasteiger partial charge in [-0.3, -0.25) is 29.5 Å². The molecule has 3 aliphatic heterocycles. The molecule has 4 fully saturated rings. The van der Waals surface area contributed by atoms with E-state index in [0.717, 1.165) is 99.8 Å². The van der Waals surface area contributed by atoms with Gasteiger partial charge in [-0.05, 0) is 98.2 Å². The lowest BCUT2D eigenvalue weighted by molar-refractivity contribution is -0.134. The van der Waals surface area contributed by atoms with Crippen LogP contribution in [0.4, 0.5) is 21.6 Å². The molecule has 16 heteroatoms. The van der Waals surface area contributed by atoms with Crippen molar-refractivity contribution < 1.29 is 22.4 Å². The fraction of sp³-hybridized carbons (Fsp3) is 0.400. The zero-order valence-electron chi connectivity index (χ0n) is 33.8. The van der Waals surface area contributed by atoms with Gasteiger partial charge < -0.3 is 9.80 Å². The highest BCUT2D eigenvalue weighted by Crippen LogP contribution is 2.39. The van der Waals surface area contributed by atoms with Crippen LogP contribution in [-0.2, 0) is 19.6 Å². The molecule has 5 aromatic rings. The van der Waals surface area contributed by atoms with E-state index in [9.17, 15) is 18.0 Å². The normalized spacial score (nSPS) is 19.7. The molecule has 13 nitrogen and oxygen atoms in total. The van der Waals surface area contributed by atoms with Crippen molar-refractivity contribution in [3.8, 4) is 28.1 Å². The van der Waals surface area contributed by atoms with Gasteiger partial charge in [0.05, 0.1) is 22.5 Å². The first kappa shape index (κ1) is 41.0. The van der Waals surface area contributed by atoms with Crippen LogP contribution in [0.15, 0.2) is 85.5 Å². The molecule has 2 N–H and O–H groups in total. The van der Waals surface area contributed by atoms with E-state index in [2.05, 4.69) is 41.9 Å². The number of piperidine rings is 2. The van der Waals surface area contributed by atoms with E-state index in [0.29, 0.717) is 42.9 Å². The number of rotatable bonds is 11. The molecule has 4 aliphatic rings. The second kappa shape index (κ2) is 17.5. The molecular weight excluding hydrogens is 817 g/mol. The summed E-state index contributed by atoms with van der Waals surface area (Å²) in [6.07, 6.45) is 12.7. The summed E-state index contributed by atoms with van der Waals surface area (Å²) in [5.41, 5.74) is 4.44. The first-order valence-electron chi connectivity index (χ1n) is 21.2. The van der Waals surface area contributed by atoms with Crippen molar-refractivity contribution in [2.45, 2.75) is 62.5 Å². The number of piperazine rings is 1.